The number of allylic oxidation sites excluding steroid dienone is 13. The van der Waals surface area contributed by atoms with E-state index < -0.39 is 124 Å². The molecule has 3 saturated heterocycles. The van der Waals surface area contributed by atoms with Crippen LogP contribution in [0.4, 0.5) is 0 Å². The number of aliphatic hydroxyl groups excluding tert-OH is 11. The van der Waals surface area contributed by atoms with Gasteiger partial charge in [-0.2, -0.15) is 0 Å². The molecule has 0 aromatic rings. The van der Waals surface area contributed by atoms with Gasteiger partial charge in [-0.05, 0) is 70.6 Å². The predicted octanol–water partition coefficient (Wildman–Crippen LogP) is 7.15. The van der Waals surface area contributed by atoms with E-state index in [2.05, 4.69) is 92.1 Å². The van der Waals surface area contributed by atoms with Crippen molar-refractivity contribution in [2.45, 2.75) is 298 Å². The van der Waals surface area contributed by atoms with Gasteiger partial charge in [-0.1, -0.05) is 202 Å². The number of carbonyl (C=O) groups is 1. The van der Waals surface area contributed by atoms with E-state index in [4.69, 9.17) is 28.4 Å². The van der Waals surface area contributed by atoms with Crippen LogP contribution >= 0.6 is 0 Å². The minimum Gasteiger partial charge on any atom is -0.394 e. The van der Waals surface area contributed by atoms with Crippen LogP contribution in [0.2, 0.25) is 0 Å². The van der Waals surface area contributed by atoms with E-state index >= 15 is 0 Å². The summed E-state index contributed by atoms with van der Waals surface area (Å²) in [6, 6.07) is -0.979. The van der Waals surface area contributed by atoms with Gasteiger partial charge in [-0.15, -0.1) is 0 Å². The van der Waals surface area contributed by atoms with E-state index in [1.165, 1.54) is 70.6 Å². The second-order valence-electron chi connectivity index (χ2n) is 22.8. The lowest BCUT2D eigenvalue weighted by Gasteiger charge is -2.48. The summed E-state index contributed by atoms with van der Waals surface area (Å²) in [5.74, 6) is -0.286. The molecule has 3 aliphatic heterocycles. The number of aliphatic hydroxyl groups is 11. The fourth-order valence-electron chi connectivity index (χ4n) is 10.4. The summed E-state index contributed by atoms with van der Waals surface area (Å²) >= 11 is 0. The van der Waals surface area contributed by atoms with Gasteiger partial charge in [0.2, 0.25) is 5.91 Å². The molecular weight excluding hydrogens is 1090 g/mol. The van der Waals surface area contributed by atoms with Crippen molar-refractivity contribution >= 4 is 5.91 Å². The van der Waals surface area contributed by atoms with Gasteiger partial charge in [0.05, 0.1) is 38.6 Å². The molecule has 19 heteroatoms. The van der Waals surface area contributed by atoms with Gasteiger partial charge >= 0.3 is 0 Å². The number of hydrogen-bond donors (Lipinski definition) is 12. The van der Waals surface area contributed by atoms with Crippen LogP contribution in [-0.2, 0) is 33.2 Å². The Morgan fingerprint density at radius 2 is 0.812 bits per heavy atom. The van der Waals surface area contributed by atoms with Gasteiger partial charge in [-0.25, -0.2) is 0 Å². The van der Waals surface area contributed by atoms with Crippen LogP contribution in [-0.4, -0.2) is 193 Å². The number of amides is 1. The topological polar surface area (TPSA) is 307 Å². The van der Waals surface area contributed by atoms with Crippen LogP contribution < -0.4 is 5.32 Å². The van der Waals surface area contributed by atoms with E-state index in [1.807, 2.05) is 6.08 Å². The summed E-state index contributed by atoms with van der Waals surface area (Å²) in [6.45, 7) is 1.57. The van der Waals surface area contributed by atoms with Gasteiger partial charge in [0, 0.05) is 6.42 Å². The van der Waals surface area contributed by atoms with Crippen LogP contribution in [0.3, 0.4) is 0 Å². The number of unbranched alkanes of at least 4 members (excludes halogenated alkanes) is 19. The Balaban J connectivity index is 1.41. The summed E-state index contributed by atoms with van der Waals surface area (Å²) < 4.78 is 34.2. The fourth-order valence-corrected chi connectivity index (χ4v) is 10.4. The van der Waals surface area contributed by atoms with Crippen molar-refractivity contribution in [3.8, 4) is 0 Å². The number of hydrogen-bond acceptors (Lipinski definition) is 18. The lowest BCUT2D eigenvalue weighted by Crippen LogP contribution is -2.66. The Kier molecular flexibility index (Phi) is 43.0. The Hall–Kier alpha value is -3.03. The highest BCUT2D eigenvalue weighted by atomic mass is 16.8. The maximum Gasteiger partial charge on any atom is 0.220 e. The van der Waals surface area contributed by atoms with Crippen molar-refractivity contribution in [2.24, 2.45) is 0 Å². The SMILES string of the molecule is CC/C=C\C/C=C\C/C=C\C/C=C\C/C=C\C/C=C\CCCCCCCCCCCCC(=O)NC(COC1OC(CO)C(OC2OC(CO)C(OC3OC(CO)C(O)C(O)C3O)C(O)C2O)C(O)C1O)C(O)/C=C/CCCCCCCCCCC. The Morgan fingerprint density at radius 3 is 1.27 bits per heavy atom. The van der Waals surface area contributed by atoms with Crippen molar-refractivity contribution in [2.75, 3.05) is 26.4 Å². The Labute approximate surface area is 508 Å². The van der Waals surface area contributed by atoms with Crippen molar-refractivity contribution < 1.29 is 89.4 Å². The molecule has 3 rings (SSSR count). The van der Waals surface area contributed by atoms with Crippen LogP contribution in [0, 0.1) is 0 Å². The predicted molar refractivity (Wildman–Crippen MR) is 328 cm³/mol. The standard InChI is InChI=1S/C66H113NO18/c1-3-5-7-9-11-13-15-16-17-18-19-20-21-22-23-24-25-26-27-28-29-30-31-32-34-36-38-40-42-44-54(72)67-49(50(71)43-41-39-37-35-33-14-12-10-8-6-4-2)48-80-64-60(78)57(75)62(52(46-69)82-64)85-66-61(79)58(76)63(53(47-70)83-66)84-65-59(77)56(74)55(73)51(45-68)81-65/h5,7,11,13,16-17,19-20,22-23,25-26,41,43,49-53,55-66,68-71,73-79H,3-4,6,8-10,12,14-15,18,21,24,27-40,42,44-48H2,1-2H3,(H,67,72)/b7-5-,13-11-,17-16-,20-19-,23-22-,26-25-,43-41+. The second-order valence-corrected chi connectivity index (χ2v) is 22.8. The molecule has 17 unspecified atom stereocenters. The first-order valence-corrected chi connectivity index (χ1v) is 32.3. The molecule has 0 aromatic heterocycles. The number of nitrogens with one attached hydrogen (secondary N) is 1. The summed E-state index contributed by atoms with van der Waals surface area (Å²) in [7, 11) is 0. The molecule has 1 amide bonds. The van der Waals surface area contributed by atoms with Gasteiger partial charge < -0.3 is 89.9 Å². The molecule has 3 heterocycles. The highest BCUT2D eigenvalue weighted by molar-refractivity contribution is 5.76. The van der Waals surface area contributed by atoms with Crippen LogP contribution in [0.5, 0.6) is 0 Å². The van der Waals surface area contributed by atoms with Crippen LogP contribution in [0.1, 0.15) is 194 Å². The summed E-state index contributed by atoms with van der Waals surface area (Å²) in [4.78, 5) is 13.3. The maximum atomic E-state index is 13.3. The number of ether oxygens (including phenoxy) is 6. The van der Waals surface area contributed by atoms with E-state index in [9.17, 15) is 61.0 Å². The molecule has 3 aliphatic rings. The zero-order chi connectivity index (χ0) is 61.9. The highest BCUT2D eigenvalue weighted by Gasteiger charge is 2.53. The number of carbonyl (C=O) groups excluding carboxylic acids is 1. The molecule has 0 aliphatic carbocycles. The first kappa shape index (κ1) is 76.2. The molecule has 0 radical (unpaired) electrons. The lowest BCUT2D eigenvalue weighted by atomic mass is 9.96. The van der Waals surface area contributed by atoms with Crippen LogP contribution in [0.15, 0.2) is 85.1 Å². The zero-order valence-electron chi connectivity index (χ0n) is 51.3. The van der Waals surface area contributed by atoms with E-state index in [0.29, 0.717) is 6.42 Å². The third-order valence-corrected chi connectivity index (χ3v) is 15.7. The molecule has 0 saturated carbocycles. The molecule has 85 heavy (non-hydrogen) atoms. The van der Waals surface area contributed by atoms with Gasteiger partial charge in [0.1, 0.15) is 73.2 Å². The summed E-state index contributed by atoms with van der Waals surface area (Å²) in [5.41, 5.74) is 0. The van der Waals surface area contributed by atoms with Crippen molar-refractivity contribution in [1.82, 2.24) is 5.32 Å². The molecule has 0 bridgehead atoms. The maximum absolute atomic E-state index is 13.3. The summed E-state index contributed by atoms with van der Waals surface area (Å²) in [6.07, 6.45) is 32.8. The van der Waals surface area contributed by atoms with E-state index in [-0.39, 0.29) is 18.9 Å². The first-order valence-electron chi connectivity index (χ1n) is 32.3. The molecule has 12 N–H and O–H groups in total. The normalized spacial score (nSPS) is 29.5. The second kappa shape index (κ2) is 47.9. The van der Waals surface area contributed by atoms with E-state index in [0.717, 1.165) is 96.3 Å². The van der Waals surface area contributed by atoms with E-state index in [1.54, 1.807) is 6.08 Å². The average molecular weight is 1210 g/mol. The van der Waals surface area contributed by atoms with Gasteiger partial charge in [0.15, 0.2) is 18.9 Å². The van der Waals surface area contributed by atoms with Crippen molar-refractivity contribution in [3.05, 3.63) is 85.1 Å². The monoisotopic (exact) mass is 1210 g/mol. The minimum absolute atomic E-state index is 0.233. The molecule has 490 valence electrons. The summed E-state index contributed by atoms with van der Waals surface area (Å²) in [5, 5.41) is 120. The average Bonchev–Trinajstić information content (AvgIpc) is 3.05. The smallest absolute Gasteiger partial charge is 0.220 e. The number of rotatable bonds is 47. The third-order valence-electron chi connectivity index (χ3n) is 15.7. The Bertz CT molecular complexity index is 1880. The molecule has 3 fully saturated rings. The van der Waals surface area contributed by atoms with Crippen molar-refractivity contribution in [3.63, 3.8) is 0 Å². The molecule has 0 spiro atoms. The van der Waals surface area contributed by atoms with Crippen LogP contribution in [0.25, 0.3) is 0 Å². The largest absolute Gasteiger partial charge is 0.394 e. The first-order chi connectivity index (χ1) is 41.3. The highest BCUT2D eigenvalue weighted by Crippen LogP contribution is 2.33. The molecular formula is C66H113NO18. The molecule has 17 atom stereocenters. The minimum atomic E-state index is -1.98. The van der Waals surface area contributed by atoms with Gasteiger partial charge in [-0.3, -0.25) is 4.79 Å². The molecule has 19 nitrogen and oxygen atoms in total. The quantitative estimate of drug-likeness (QED) is 0.0213. The zero-order valence-corrected chi connectivity index (χ0v) is 51.3. The third kappa shape index (κ3) is 30.8. The van der Waals surface area contributed by atoms with Gasteiger partial charge in [0.25, 0.3) is 0 Å². The Morgan fingerprint density at radius 1 is 0.435 bits per heavy atom. The fraction of sp³-hybridized carbons (Fsp3) is 0.773. The van der Waals surface area contributed by atoms with Crippen molar-refractivity contribution in [1.29, 1.82) is 0 Å². The lowest BCUT2D eigenvalue weighted by molar-refractivity contribution is -0.379. The molecule has 0 aromatic carbocycles.